The van der Waals surface area contributed by atoms with Crippen molar-refractivity contribution in [3.05, 3.63) is 62.5 Å². The number of benzene rings is 2. The number of halogens is 2. The maximum absolute atomic E-state index is 9.28. The van der Waals surface area contributed by atoms with Crippen LogP contribution >= 0.6 is 31.9 Å². The fourth-order valence-electron chi connectivity index (χ4n) is 1.61. The zero-order valence-electron chi connectivity index (χ0n) is 9.57. The predicted molar refractivity (Wildman–Crippen MR) is 78.5 cm³/mol. The lowest BCUT2D eigenvalue weighted by Crippen LogP contribution is -2.00. The summed E-state index contributed by atoms with van der Waals surface area (Å²) >= 11 is 6.91. The molecule has 94 valence electrons. The minimum Gasteiger partial charge on any atom is -0.487 e. The molecule has 0 radical (unpaired) electrons. The molecule has 0 spiro atoms. The second-order valence-corrected chi connectivity index (χ2v) is 5.47. The lowest BCUT2D eigenvalue weighted by molar-refractivity contribution is 0.258. The molecule has 0 unspecified atom stereocenters. The molecule has 2 aromatic rings. The van der Waals surface area contributed by atoms with Crippen LogP contribution in [0.5, 0.6) is 5.75 Å². The van der Waals surface area contributed by atoms with E-state index in [-0.39, 0.29) is 6.61 Å². The Morgan fingerprint density at radius 2 is 1.56 bits per heavy atom. The second kappa shape index (κ2) is 6.36. The van der Waals surface area contributed by atoms with Gasteiger partial charge in [-0.2, -0.15) is 0 Å². The van der Waals surface area contributed by atoms with Gasteiger partial charge in [0.2, 0.25) is 0 Å². The number of aliphatic hydroxyl groups excluding tert-OH is 1. The Bertz CT molecular complexity index is 541. The first-order valence-electron chi connectivity index (χ1n) is 5.47. The van der Waals surface area contributed by atoms with E-state index in [1.54, 1.807) is 0 Å². The first-order valence-corrected chi connectivity index (χ1v) is 7.05. The number of hydrogen-bond donors (Lipinski definition) is 1. The van der Waals surface area contributed by atoms with Crippen molar-refractivity contribution >= 4 is 31.9 Å². The minimum absolute atomic E-state index is 0.0370. The molecule has 4 heteroatoms. The fourth-order valence-corrected chi connectivity index (χ4v) is 2.53. The number of para-hydroxylation sites is 1. The van der Waals surface area contributed by atoms with Gasteiger partial charge >= 0.3 is 0 Å². The smallest absolute Gasteiger partial charge is 0.139 e. The minimum atomic E-state index is -0.0370. The van der Waals surface area contributed by atoms with Gasteiger partial charge in [0, 0.05) is 15.6 Å². The Hall–Kier alpha value is -0.840. The molecule has 0 aliphatic heterocycles. The molecule has 0 bridgehead atoms. The van der Waals surface area contributed by atoms with Crippen molar-refractivity contribution in [2.45, 2.75) is 13.2 Å². The van der Waals surface area contributed by atoms with Crippen LogP contribution in [0.15, 0.2) is 51.4 Å². The first kappa shape index (κ1) is 13.6. The van der Waals surface area contributed by atoms with Gasteiger partial charge in [-0.3, -0.25) is 0 Å². The summed E-state index contributed by atoms with van der Waals surface area (Å²) in [6.45, 7) is 0.418. The highest BCUT2D eigenvalue weighted by Crippen LogP contribution is 2.30. The van der Waals surface area contributed by atoms with Gasteiger partial charge < -0.3 is 9.84 Å². The monoisotopic (exact) mass is 370 g/mol. The number of rotatable bonds is 4. The van der Waals surface area contributed by atoms with Crippen LogP contribution in [-0.4, -0.2) is 5.11 Å². The molecule has 0 aliphatic rings. The van der Waals surface area contributed by atoms with E-state index < -0.39 is 0 Å². The molecule has 1 N–H and O–H groups in total. The summed E-state index contributed by atoms with van der Waals surface area (Å²) in [4.78, 5) is 0. The maximum Gasteiger partial charge on any atom is 0.139 e. The molecule has 18 heavy (non-hydrogen) atoms. The Kier molecular flexibility index (Phi) is 4.80. The van der Waals surface area contributed by atoms with Gasteiger partial charge in [-0.25, -0.2) is 0 Å². The Balaban J connectivity index is 2.18. The van der Waals surface area contributed by atoms with Gasteiger partial charge in [0.1, 0.15) is 12.4 Å². The summed E-state index contributed by atoms with van der Waals surface area (Å²) in [5.74, 6) is 0.691. The lowest BCUT2D eigenvalue weighted by atomic mass is 10.2. The van der Waals surface area contributed by atoms with Crippen LogP contribution in [-0.2, 0) is 13.2 Å². The van der Waals surface area contributed by atoms with E-state index >= 15 is 0 Å². The van der Waals surface area contributed by atoms with E-state index in [1.807, 2.05) is 42.5 Å². The van der Waals surface area contributed by atoms with E-state index in [9.17, 15) is 5.11 Å². The summed E-state index contributed by atoms with van der Waals surface area (Å²) in [5, 5.41) is 9.28. The average Bonchev–Trinajstić information content (AvgIpc) is 2.39. The van der Waals surface area contributed by atoms with Crippen molar-refractivity contribution < 1.29 is 9.84 Å². The van der Waals surface area contributed by atoms with Crippen LogP contribution in [0.2, 0.25) is 0 Å². The normalized spacial score (nSPS) is 10.4. The SMILES string of the molecule is OCc1cccc(Br)c1OCc1ccccc1Br. The lowest BCUT2D eigenvalue weighted by Gasteiger charge is -2.12. The number of hydrogen-bond acceptors (Lipinski definition) is 2. The molecule has 2 rings (SSSR count). The van der Waals surface area contributed by atoms with Crippen LogP contribution in [0.25, 0.3) is 0 Å². The van der Waals surface area contributed by atoms with Crippen molar-refractivity contribution in [3.63, 3.8) is 0 Å². The van der Waals surface area contributed by atoms with Crippen LogP contribution < -0.4 is 4.74 Å². The summed E-state index contributed by atoms with van der Waals surface area (Å²) in [5.41, 5.74) is 1.84. The van der Waals surface area contributed by atoms with E-state index in [0.29, 0.717) is 12.4 Å². The third kappa shape index (κ3) is 3.13. The summed E-state index contributed by atoms with van der Waals surface area (Å²) in [6.07, 6.45) is 0. The maximum atomic E-state index is 9.28. The van der Waals surface area contributed by atoms with Crippen LogP contribution in [0.1, 0.15) is 11.1 Å². The van der Waals surface area contributed by atoms with E-state index in [2.05, 4.69) is 31.9 Å². The van der Waals surface area contributed by atoms with E-state index in [0.717, 1.165) is 20.1 Å². The molecule has 0 amide bonds. The van der Waals surface area contributed by atoms with Gasteiger partial charge in [-0.05, 0) is 28.1 Å². The quantitative estimate of drug-likeness (QED) is 0.868. The van der Waals surface area contributed by atoms with Crippen molar-refractivity contribution in [2.75, 3.05) is 0 Å². The Morgan fingerprint density at radius 3 is 2.28 bits per heavy atom. The van der Waals surface area contributed by atoms with Crippen molar-refractivity contribution in [2.24, 2.45) is 0 Å². The van der Waals surface area contributed by atoms with E-state index in [4.69, 9.17) is 4.74 Å². The van der Waals surface area contributed by atoms with Crippen molar-refractivity contribution in [1.82, 2.24) is 0 Å². The topological polar surface area (TPSA) is 29.5 Å². The zero-order valence-corrected chi connectivity index (χ0v) is 12.7. The number of aliphatic hydroxyl groups is 1. The highest BCUT2D eigenvalue weighted by molar-refractivity contribution is 9.10. The molecule has 2 nitrogen and oxygen atoms in total. The number of ether oxygens (including phenoxy) is 1. The summed E-state index contributed by atoms with van der Waals surface area (Å²) < 4.78 is 7.65. The van der Waals surface area contributed by atoms with Gasteiger partial charge in [0.05, 0.1) is 11.1 Å². The van der Waals surface area contributed by atoms with Gasteiger partial charge in [-0.1, -0.05) is 46.3 Å². The molecule has 0 saturated carbocycles. The highest BCUT2D eigenvalue weighted by atomic mass is 79.9. The van der Waals surface area contributed by atoms with Crippen LogP contribution in [0.4, 0.5) is 0 Å². The zero-order chi connectivity index (χ0) is 13.0. The molecular weight excluding hydrogens is 360 g/mol. The fraction of sp³-hybridized carbons (Fsp3) is 0.143. The average molecular weight is 372 g/mol. The Morgan fingerprint density at radius 1 is 0.889 bits per heavy atom. The second-order valence-electron chi connectivity index (χ2n) is 3.77. The molecule has 2 aromatic carbocycles. The van der Waals surface area contributed by atoms with Gasteiger partial charge in [-0.15, -0.1) is 0 Å². The Labute approximate surface area is 123 Å². The molecule has 0 fully saturated rings. The van der Waals surface area contributed by atoms with Crippen LogP contribution in [0, 0.1) is 0 Å². The summed E-state index contributed by atoms with van der Waals surface area (Å²) in [7, 11) is 0. The highest BCUT2D eigenvalue weighted by Gasteiger charge is 2.08. The largest absolute Gasteiger partial charge is 0.487 e. The third-order valence-electron chi connectivity index (χ3n) is 2.55. The van der Waals surface area contributed by atoms with Gasteiger partial charge in [0.25, 0.3) is 0 Å². The molecule has 0 aliphatic carbocycles. The standard InChI is InChI=1S/C14H12Br2O2/c15-12-6-2-1-4-11(12)9-18-14-10(8-17)5-3-7-13(14)16/h1-7,17H,8-9H2. The predicted octanol–water partition coefficient (Wildman–Crippen LogP) is 4.28. The summed E-state index contributed by atoms with van der Waals surface area (Å²) in [6, 6.07) is 13.5. The van der Waals surface area contributed by atoms with Crippen LogP contribution in [0.3, 0.4) is 0 Å². The van der Waals surface area contributed by atoms with Crippen molar-refractivity contribution in [3.8, 4) is 5.75 Å². The molecule has 0 aromatic heterocycles. The molecule has 0 saturated heterocycles. The third-order valence-corrected chi connectivity index (χ3v) is 3.95. The van der Waals surface area contributed by atoms with Gasteiger partial charge in [0.15, 0.2) is 0 Å². The first-order chi connectivity index (χ1) is 8.72. The molecule has 0 atom stereocenters. The molecule has 0 heterocycles. The van der Waals surface area contributed by atoms with E-state index in [1.165, 1.54) is 0 Å². The van der Waals surface area contributed by atoms with Crippen molar-refractivity contribution in [1.29, 1.82) is 0 Å². The molecular formula is C14H12Br2O2.